The Morgan fingerprint density at radius 1 is 0.938 bits per heavy atom. The Bertz CT molecular complexity index is 1460. The summed E-state index contributed by atoms with van der Waals surface area (Å²) >= 11 is 0. The molecule has 5 aromatic rings. The zero-order chi connectivity index (χ0) is 21.7. The van der Waals surface area contributed by atoms with Crippen LogP contribution in [0.25, 0.3) is 39.4 Å². The van der Waals surface area contributed by atoms with E-state index >= 15 is 0 Å². The Morgan fingerprint density at radius 3 is 2.69 bits per heavy atom. The third-order valence-corrected chi connectivity index (χ3v) is 6.08. The van der Waals surface area contributed by atoms with Crippen molar-refractivity contribution in [1.29, 1.82) is 0 Å². The average molecular weight is 419 g/mol. The van der Waals surface area contributed by atoms with Crippen LogP contribution in [0, 0.1) is 0 Å². The maximum atomic E-state index is 6.26. The Hall–Kier alpha value is -4.10. The molecule has 0 bridgehead atoms. The molecular weight excluding hydrogens is 398 g/mol. The van der Waals surface area contributed by atoms with Gasteiger partial charge in [0.25, 0.3) is 0 Å². The van der Waals surface area contributed by atoms with Gasteiger partial charge in [-0.3, -0.25) is 9.55 Å². The first-order valence-electron chi connectivity index (χ1n) is 10.6. The lowest BCUT2D eigenvalue weighted by atomic mass is 10.1. The molecule has 0 fully saturated rings. The maximum Gasteiger partial charge on any atom is 0.164 e. The fourth-order valence-electron chi connectivity index (χ4n) is 4.46. The van der Waals surface area contributed by atoms with Crippen LogP contribution in [-0.4, -0.2) is 24.5 Å². The number of nitrogens with two attached hydrogens (primary N) is 2. The molecule has 156 valence electrons. The number of nitrogen functional groups attached to an aromatic ring is 1. The van der Waals surface area contributed by atoms with Gasteiger partial charge in [-0.2, -0.15) is 0 Å². The van der Waals surface area contributed by atoms with Crippen molar-refractivity contribution in [2.24, 2.45) is 5.73 Å². The van der Waals surface area contributed by atoms with E-state index in [2.05, 4.69) is 32.7 Å². The first-order valence-corrected chi connectivity index (χ1v) is 10.6. The van der Waals surface area contributed by atoms with Gasteiger partial charge in [-0.1, -0.05) is 12.1 Å². The van der Waals surface area contributed by atoms with Crippen LogP contribution in [0.4, 0.5) is 5.82 Å². The van der Waals surface area contributed by atoms with Crippen molar-refractivity contribution < 1.29 is 0 Å². The molecule has 7 heteroatoms. The molecule has 0 aliphatic heterocycles. The van der Waals surface area contributed by atoms with E-state index in [0.29, 0.717) is 11.6 Å². The Kier molecular flexibility index (Phi) is 4.22. The molecule has 1 aromatic carbocycles. The Morgan fingerprint density at radius 2 is 1.84 bits per heavy atom. The van der Waals surface area contributed by atoms with Gasteiger partial charge in [0, 0.05) is 47.6 Å². The highest BCUT2D eigenvalue weighted by Crippen LogP contribution is 2.35. The fourth-order valence-corrected chi connectivity index (χ4v) is 4.46. The zero-order valence-corrected chi connectivity index (χ0v) is 17.3. The van der Waals surface area contributed by atoms with Crippen molar-refractivity contribution in [3.05, 3.63) is 84.4 Å². The van der Waals surface area contributed by atoms with E-state index in [1.165, 1.54) is 11.1 Å². The van der Waals surface area contributed by atoms with Crippen molar-refractivity contribution >= 4 is 17.0 Å². The summed E-state index contributed by atoms with van der Waals surface area (Å²) in [5, 5.41) is 0. The van der Waals surface area contributed by atoms with Crippen molar-refractivity contribution in [2.75, 3.05) is 5.73 Å². The number of fused-ring (bicyclic) bond motifs is 2. The van der Waals surface area contributed by atoms with Gasteiger partial charge in [-0.05, 0) is 60.4 Å². The second-order valence-corrected chi connectivity index (χ2v) is 8.04. The summed E-state index contributed by atoms with van der Waals surface area (Å²) in [7, 11) is 0. The summed E-state index contributed by atoms with van der Waals surface area (Å²) in [6.07, 6.45) is 9.06. The minimum absolute atomic E-state index is 0.104. The quantitative estimate of drug-likeness (QED) is 0.456. The minimum atomic E-state index is 0.104. The maximum absolute atomic E-state index is 6.26. The van der Waals surface area contributed by atoms with E-state index in [1.807, 2.05) is 42.7 Å². The number of imidazole rings is 1. The normalized spacial score (nSPS) is 15.2. The number of rotatable bonds is 3. The molecule has 0 unspecified atom stereocenters. The summed E-state index contributed by atoms with van der Waals surface area (Å²) in [5.74, 6) is 1.14. The number of benzene rings is 1. The molecule has 7 nitrogen and oxygen atoms in total. The van der Waals surface area contributed by atoms with Crippen molar-refractivity contribution in [2.45, 2.75) is 18.9 Å². The van der Waals surface area contributed by atoms with Crippen molar-refractivity contribution in [3.63, 3.8) is 0 Å². The Labute approximate surface area is 184 Å². The number of hydrogen-bond acceptors (Lipinski definition) is 6. The predicted molar refractivity (Wildman–Crippen MR) is 125 cm³/mol. The summed E-state index contributed by atoms with van der Waals surface area (Å²) in [4.78, 5) is 18.2. The van der Waals surface area contributed by atoms with E-state index in [4.69, 9.17) is 21.4 Å². The third-order valence-electron chi connectivity index (χ3n) is 6.08. The summed E-state index contributed by atoms with van der Waals surface area (Å²) in [6, 6.07) is 16.3. The number of anilines is 1. The van der Waals surface area contributed by atoms with Gasteiger partial charge in [-0.25, -0.2) is 15.0 Å². The van der Waals surface area contributed by atoms with E-state index in [1.54, 1.807) is 12.4 Å². The fraction of sp³-hybridized carbons (Fsp3) is 0.120. The van der Waals surface area contributed by atoms with Crippen molar-refractivity contribution in [3.8, 4) is 28.2 Å². The monoisotopic (exact) mass is 419 g/mol. The highest BCUT2D eigenvalue weighted by molar-refractivity contribution is 5.85. The summed E-state index contributed by atoms with van der Waals surface area (Å²) in [6.45, 7) is 0. The molecule has 0 radical (unpaired) electrons. The first-order chi connectivity index (χ1) is 15.7. The first kappa shape index (κ1) is 18.7. The van der Waals surface area contributed by atoms with Gasteiger partial charge in [0.1, 0.15) is 11.3 Å². The molecule has 0 saturated heterocycles. The highest BCUT2D eigenvalue weighted by Gasteiger charge is 2.22. The van der Waals surface area contributed by atoms with Gasteiger partial charge in [0.2, 0.25) is 0 Å². The number of aromatic nitrogens is 5. The number of hydrogen-bond donors (Lipinski definition) is 2. The van der Waals surface area contributed by atoms with Crippen LogP contribution in [-0.2, 0) is 6.42 Å². The van der Waals surface area contributed by atoms with Crippen LogP contribution in [0.1, 0.15) is 23.6 Å². The van der Waals surface area contributed by atoms with Gasteiger partial charge < -0.3 is 11.5 Å². The lowest BCUT2D eigenvalue weighted by Gasteiger charge is -2.12. The number of nitrogens with zero attached hydrogens (tertiary/aromatic N) is 5. The van der Waals surface area contributed by atoms with Gasteiger partial charge in [0.05, 0.1) is 5.56 Å². The molecule has 1 atom stereocenters. The lowest BCUT2D eigenvalue weighted by molar-refractivity contribution is 0.713. The molecule has 1 aliphatic carbocycles. The topological polar surface area (TPSA) is 109 Å². The Balaban J connectivity index is 1.60. The third kappa shape index (κ3) is 2.94. The molecule has 6 rings (SSSR count). The van der Waals surface area contributed by atoms with Gasteiger partial charge in [-0.15, -0.1) is 0 Å². The summed E-state index contributed by atoms with van der Waals surface area (Å²) in [5.41, 5.74) is 20.2. The number of aryl methyl sites for hydroxylation is 1. The molecule has 4 heterocycles. The average Bonchev–Trinajstić information content (AvgIpc) is 3.39. The zero-order valence-electron chi connectivity index (χ0n) is 17.3. The molecule has 0 spiro atoms. The van der Waals surface area contributed by atoms with Crippen LogP contribution in [0.2, 0.25) is 0 Å². The second kappa shape index (κ2) is 7.25. The molecule has 1 aliphatic rings. The van der Waals surface area contributed by atoms with E-state index in [9.17, 15) is 0 Å². The van der Waals surface area contributed by atoms with Gasteiger partial charge in [0.15, 0.2) is 11.5 Å². The predicted octanol–water partition coefficient (Wildman–Crippen LogP) is 4.07. The van der Waals surface area contributed by atoms with Crippen LogP contribution >= 0.6 is 0 Å². The lowest BCUT2D eigenvalue weighted by Crippen LogP contribution is -2.06. The van der Waals surface area contributed by atoms with Crippen LogP contribution in [0.5, 0.6) is 0 Å². The molecule has 0 saturated carbocycles. The van der Waals surface area contributed by atoms with Crippen LogP contribution in [0.15, 0.2) is 73.3 Å². The summed E-state index contributed by atoms with van der Waals surface area (Å²) < 4.78 is 2.06. The number of pyridine rings is 3. The minimum Gasteiger partial charge on any atom is -0.383 e. The SMILES string of the molecule is Nc1ncccc1-c1nc2cc(-c3cccnc3)cnc2n1-c1ccc2c(c1)CC[C@@H]2N. The van der Waals surface area contributed by atoms with E-state index in [-0.39, 0.29) is 6.04 Å². The highest BCUT2D eigenvalue weighted by atomic mass is 15.1. The molecular formula is C25H21N7. The van der Waals surface area contributed by atoms with Crippen LogP contribution in [0.3, 0.4) is 0 Å². The molecule has 4 N–H and O–H groups in total. The molecule has 0 amide bonds. The van der Waals surface area contributed by atoms with Crippen LogP contribution < -0.4 is 11.5 Å². The largest absolute Gasteiger partial charge is 0.383 e. The van der Waals surface area contributed by atoms with E-state index < -0.39 is 0 Å². The standard InChI is InChI=1S/C25H21N7/c26-21-8-5-15-11-18(6-7-19(15)21)32-24(20-4-2-10-29-23(20)27)31-22-12-17(14-30-25(22)32)16-3-1-9-28-13-16/h1-4,6-7,9-14,21H,5,8,26H2,(H2,27,29)/t21-/m0/s1. The second-order valence-electron chi connectivity index (χ2n) is 8.04. The van der Waals surface area contributed by atoms with Crippen molar-refractivity contribution in [1.82, 2.24) is 24.5 Å². The molecule has 32 heavy (non-hydrogen) atoms. The smallest absolute Gasteiger partial charge is 0.164 e. The molecule has 4 aromatic heterocycles. The van der Waals surface area contributed by atoms with Gasteiger partial charge >= 0.3 is 0 Å². The van der Waals surface area contributed by atoms with E-state index in [0.717, 1.165) is 46.4 Å².